The number of carboxylic acid groups (broad SMARTS) is 1. The predicted octanol–water partition coefficient (Wildman–Crippen LogP) is 0.0891. The molecule has 8 heteroatoms. The van der Waals surface area contributed by atoms with E-state index in [0.29, 0.717) is 5.56 Å². The van der Waals surface area contributed by atoms with E-state index in [-0.39, 0.29) is 25.1 Å². The number of hydrogen-bond acceptors (Lipinski definition) is 5. The molecule has 20 heavy (non-hydrogen) atoms. The molecule has 0 aromatic heterocycles. The second-order valence-electron chi connectivity index (χ2n) is 4.07. The van der Waals surface area contributed by atoms with Crippen LogP contribution in [0.4, 0.5) is 5.69 Å². The Bertz CT molecular complexity index is 516. The van der Waals surface area contributed by atoms with Gasteiger partial charge in [0, 0.05) is 25.2 Å². The molecule has 0 aliphatic carbocycles. The Morgan fingerprint density at radius 1 is 1.40 bits per heavy atom. The van der Waals surface area contributed by atoms with E-state index in [0.717, 1.165) is 0 Å². The number of amides is 1. The molecule has 1 rings (SSSR count). The van der Waals surface area contributed by atoms with Crippen LogP contribution in [-0.2, 0) is 16.0 Å². The van der Waals surface area contributed by atoms with Gasteiger partial charge in [-0.2, -0.15) is 0 Å². The van der Waals surface area contributed by atoms with E-state index >= 15 is 0 Å². The topological polar surface area (TPSA) is 130 Å². The maximum absolute atomic E-state index is 11.7. The van der Waals surface area contributed by atoms with Crippen molar-refractivity contribution in [3.63, 3.8) is 0 Å². The van der Waals surface area contributed by atoms with Crippen LogP contribution < -0.4 is 5.32 Å². The molecule has 1 amide bonds. The van der Waals surface area contributed by atoms with Gasteiger partial charge in [0.1, 0.15) is 6.04 Å². The summed E-state index contributed by atoms with van der Waals surface area (Å²) < 4.78 is 0. The molecule has 1 aromatic rings. The highest BCUT2D eigenvalue weighted by Gasteiger charge is 2.19. The molecule has 1 aromatic carbocycles. The van der Waals surface area contributed by atoms with E-state index in [4.69, 9.17) is 10.2 Å². The van der Waals surface area contributed by atoms with Gasteiger partial charge in [0.05, 0.1) is 11.3 Å². The Kier molecular flexibility index (Phi) is 5.60. The Morgan fingerprint density at radius 2 is 2.10 bits per heavy atom. The van der Waals surface area contributed by atoms with Gasteiger partial charge in [0.25, 0.3) is 5.69 Å². The lowest BCUT2D eigenvalue weighted by Gasteiger charge is -2.13. The molecule has 8 nitrogen and oxygen atoms in total. The normalized spacial score (nSPS) is 11.7. The lowest BCUT2D eigenvalue weighted by atomic mass is 10.1. The Labute approximate surface area is 114 Å². The SMILES string of the molecule is O=C(Cc1cccc([N+](=O)[O-])c1)N[C@@H](CCO)C(=O)O. The summed E-state index contributed by atoms with van der Waals surface area (Å²) in [6, 6.07) is 4.36. The van der Waals surface area contributed by atoms with Gasteiger partial charge in [-0.3, -0.25) is 14.9 Å². The van der Waals surface area contributed by atoms with Crippen LogP contribution >= 0.6 is 0 Å². The van der Waals surface area contributed by atoms with Crippen molar-refractivity contribution < 1.29 is 24.7 Å². The standard InChI is InChI=1S/C12H14N2O6/c15-5-4-10(12(17)18)13-11(16)7-8-2-1-3-9(6-8)14(19)20/h1-3,6,10,15H,4-5,7H2,(H,13,16)(H,17,18)/t10-/m0/s1. The molecule has 0 spiro atoms. The fourth-order valence-corrected chi connectivity index (χ4v) is 1.60. The maximum atomic E-state index is 11.7. The molecule has 0 unspecified atom stereocenters. The van der Waals surface area contributed by atoms with Crippen LogP contribution in [0.2, 0.25) is 0 Å². The molecule has 0 radical (unpaired) electrons. The predicted molar refractivity (Wildman–Crippen MR) is 68.1 cm³/mol. The van der Waals surface area contributed by atoms with Crippen molar-refractivity contribution in [2.24, 2.45) is 0 Å². The lowest BCUT2D eigenvalue weighted by molar-refractivity contribution is -0.384. The van der Waals surface area contributed by atoms with Gasteiger partial charge in [-0.25, -0.2) is 4.79 Å². The number of nitrogens with zero attached hydrogens (tertiary/aromatic N) is 1. The minimum absolute atomic E-state index is 0.101. The number of carbonyl (C=O) groups excluding carboxylic acids is 1. The summed E-state index contributed by atoms with van der Waals surface area (Å²) in [7, 11) is 0. The first-order chi connectivity index (χ1) is 9.43. The summed E-state index contributed by atoms with van der Waals surface area (Å²) in [5.41, 5.74) is 0.269. The molecular formula is C12H14N2O6. The summed E-state index contributed by atoms with van der Waals surface area (Å²) in [5, 5.41) is 30.4. The number of nitro benzene ring substituents is 1. The van der Waals surface area contributed by atoms with Crippen molar-refractivity contribution in [2.75, 3.05) is 6.61 Å². The Hall–Kier alpha value is -2.48. The highest BCUT2D eigenvalue weighted by molar-refractivity contribution is 5.84. The van der Waals surface area contributed by atoms with E-state index in [9.17, 15) is 19.7 Å². The van der Waals surface area contributed by atoms with Gasteiger partial charge >= 0.3 is 5.97 Å². The van der Waals surface area contributed by atoms with Crippen molar-refractivity contribution in [2.45, 2.75) is 18.9 Å². The third-order valence-corrected chi connectivity index (χ3v) is 2.54. The average molecular weight is 282 g/mol. The zero-order chi connectivity index (χ0) is 15.1. The Balaban J connectivity index is 2.68. The molecule has 1 atom stereocenters. The van der Waals surface area contributed by atoms with Gasteiger partial charge in [-0.05, 0) is 5.56 Å². The molecule has 0 saturated heterocycles. The van der Waals surface area contributed by atoms with Crippen LogP contribution in [0.1, 0.15) is 12.0 Å². The molecule has 0 bridgehead atoms. The highest BCUT2D eigenvalue weighted by Crippen LogP contribution is 2.13. The van der Waals surface area contributed by atoms with Gasteiger partial charge in [-0.15, -0.1) is 0 Å². The molecule has 0 aliphatic rings. The van der Waals surface area contributed by atoms with Crippen LogP contribution in [-0.4, -0.2) is 39.7 Å². The monoisotopic (exact) mass is 282 g/mol. The largest absolute Gasteiger partial charge is 0.480 e. The number of non-ortho nitro benzene ring substituents is 1. The quantitative estimate of drug-likeness (QED) is 0.480. The molecule has 0 aliphatic heterocycles. The smallest absolute Gasteiger partial charge is 0.326 e. The number of benzene rings is 1. The summed E-state index contributed by atoms with van der Waals surface area (Å²) in [5.74, 6) is -1.82. The van der Waals surface area contributed by atoms with Crippen molar-refractivity contribution in [3.8, 4) is 0 Å². The van der Waals surface area contributed by atoms with E-state index < -0.39 is 22.8 Å². The average Bonchev–Trinajstić information content (AvgIpc) is 2.38. The number of hydrogen-bond donors (Lipinski definition) is 3. The van der Waals surface area contributed by atoms with Gasteiger partial charge in [0.15, 0.2) is 0 Å². The second-order valence-corrected chi connectivity index (χ2v) is 4.07. The first-order valence-electron chi connectivity index (χ1n) is 5.80. The van der Waals surface area contributed by atoms with Crippen LogP contribution in [0.25, 0.3) is 0 Å². The number of carboxylic acids is 1. The Morgan fingerprint density at radius 3 is 2.65 bits per heavy atom. The van der Waals surface area contributed by atoms with Crippen LogP contribution in [0.3, 0.4) is 0 Å². The zero-order valence-corrected chi connectivity index (χ0v) is 10.5. The van der Waals surface area contributed by atoms with Crippen molar-refractivity contribution in [3.05, 3.63) is 39.9 Å². The first-order valence-corrected chi connectivity index (χ1v) is 5.80. The number of rotatable bonds is 7. The van der Waals surface area contributed by atoms with Crippen LogP contribution in [0.15, 0.2) is 24.3 Å². The third-order valence-electron chi connectivity index (χ3n) is 2.54. The number of aliphatic carboxylic acids is 1. The van der Waals surface area contributed by atoms with Crippen molar-refractivity contribution >= 4 is 17.6 Å². The minimum atomic E-state index is -1.24. The molecule has 0 fully saturated rings. The third kappa shape index (κ3) is 4.65. The van der Waals surface area contributed by atoms with Crippen LogP contribution in [0, 0.1) is 10.1 Å². The number of aliphatic hydroxyl groups is 1. The molecule has 3 N–H and O–H groups in total. The minimum Gasteiger partial charge on any atom is -0.480 e. The van der Waals surface area contributed by atoms with E-state index in [1.54, 1.807) is 0 Å². The summed E-state index contributed by atoms with van der Waals surface area (Å²) in [6.07, 6.45) is -0.271. The van der Waals surface area contributed by atoms with E-state index in [1.165, 1.54) is 24.3 Å². The maximum Gasteiger partial charge on any atom is 0.326 e. The fourth-order valence-electron chi connectivity index (χ4n) is 1.60. The number of aliphatic hydroxyl groups excluding tert-OH is 1. The number of nitro groups is 1. The summed E-state index contributed by atoms with van der Waals surface area (Å²) in [6.45, 7) is -0.367. The zero-order valence-electron chi connectivity index (χ0n) is 10.5. The number of nitrogens with one attached hydrogen (secondary N) is 1. The molecule has 0 heterocycles. The van der Waals surface area contributed by atoms with Crippen LogP contribution in [0.5, 0.6) is 0 Å². The lowest BCUT2D eigenvalue weighted by Crippen LogP contribution is -2.42. The highest BCUT2D eigenvalue weighted by atomic mass is 16.6. The molecule has 108 valence electrons. The van der Waals surface area contributed by atoms with Crippen molar-refractivity contribution in [1.29, 1.82) is 0 Å². The summed E-state index contributed by atoms with van der Waals surface area (Å²) >= 11 is 0. The first kappa shape index (κ1) is 15.6. The van der Waals surface area contributed by atoms with E-state index in [2.05, 4.69) is 5.32 Å². The van der Waals surface area contributed by atoms with Gasteiger partial charge in [0.2, 0.25) is 5.91 Å². The second kappa shape index (κ2) is 7.19. The number of carbonyl (C=O) groups is 2. The van der Waals surface area contributed by atoms with Gasteiger partial charge in [-0.1, -0.05) is 12.1 Å². The molecular weight excluding hydrogens is 268 g/mol. The summed E-state index contributed by atoms with van der Waals surface area (Å²) in [4.78, 5) is 32.5. The fraction of sp³-hybridized carbons (Fsp3) is 0.333. The van der Waals surface area contributed by atoms with Gasteiger partial charge < -0.3 is 15.5 Å². The van der Waals surface area contributed by atoms with Crippen molar-refractivity contribution in [1.82, 2.24) is 5.32 Å². The molecule has 0 saturated carbocycles. The van der Waals surface area contributed by atoms with E-state index in [1.807, 2.05) is 0 Å².